The zero-order chi connectivity index (χ0) is 18.4. The van der Waals surface area contributed by atoms with Crippen molar-refractivity contribution >= 4 is 41.7 Å². The lowest BCUT2D eigenvalue weighted by Gasteiger charge is -2.33. The van der Waals surface area contributed by atoms with Crippen molar-refractivity contribution < 1.29 is 9.53 Å². The van der Waals surface area contributed by atoms with Crippen LogP contribution >= 0.6 is 24.0 Å². The number of methoxy groups -OCH3 is 1. The van der Waals surface area contributed by atoms with Crippen LogP contribution in [0.15, 0.2) is 29.3 Å². The van der Waals surface area contributed by atoms with Gasteiger partial charge in [0.25, 0.3) is 0 Å². The van der Waals surface area contributed by atoms with Gasteiger partial charge in [0.15, 0.2) is 5.96 Å². The number of rotatable bonds is 3. The molecule has 1 saturated heterocycles. The van der Waals surface area contributed by atoms with Crippen molar-refractivity contribution in [3.8, 4) is 0 Å². The Kier molecular flexibility index (Phi) is 8.19. The smallest absolute Gasteiger partial charge is 0.411 e. The molecule has 7 heteroatoms. The van der Waals surface area contributed by atoms with Crippen LogP contribution in [-0.4, -0.2) is 44.2 Å². The highest BCUT2D eigenvalue weighted by molar-refractivity contribution is 14.0. The summed E-state index contributed by atoms with van der Waals surface area (Å²) in [5.74, 6) is 0.990. The standard InChI is InChI=1S/C20H30N4O2.HI/c1-21-18(24-13-12-20(15-24)10-4-3-5-11-20)22-14-16-6-8-17(9-7-16)23-19(25)26-2;/h6-9H,3-5,10-15H2,1-2H3,(H,21,22)(H,23,25);1H. The monoisotopic (exact) mass is 486 g/mol. The summed E-state index contributed by atoms with van der Waals surface area (Å²) >= 11 is 0. The van der Waals surface area contributed by atoms with E-state index < -0.39 is 6.09 Å². The lowest BCUT2D eigenvalue weighted by Crippen LogP contribution is -2.41. The van der Waals surface area contributed by atoms with Gasteiger partial charge >= 0.3 is 6.09 Å². The Bertz CT molecular complexity index is 642. The fraction of sp³-hybridized carbons (Fsp3) is 0.600. The zero-order valence-electron chi connectivity index (χ0n) is 16.3. The summed E-state index contributed by atoms with van der Waals surface area (Å²) in [6.07, 6.45) is 7.74. The second kappa shape index (κ2) is 10.1. The second-order valence-corrected chi connectivity index (χ2v) is 7.45. The van der Waals surface area contributed by atoms with Crippen molar-refractivity contribution in [2.75, 3.05) is 32.6 Å². The van der Waals surface area contributed by atoms with Crippen molar-refractivity contribution in [1.82, 2.24) is 10.2 Å². The number of likely N-dealkylation sites (tertiary alicyclic amines) is 1. The van der Waals surface area contributed by atoms with Crippen LogP contribution in [0.3, 0.4) is 0 Å². The molecule has 1 saturated carbocycles. The number of nitrogens with zero attached hydrogens (tertiary/aromatic N) is 2. The molecule has 2 N–H and O–H groups in total. The molecular formula is C20H31IN4O2. The quantitative estimate of drug-likeness (QED) is 0.382. The summed E-state index contributed by atoms with van der Waals surface area (Å²) in [6.45, 7) is 2.95. The molecule has 1 aromatic carbocycles. The first-order valence-corrected chi connectivity index (χ1v) is 9.54. The van der Waals surface area contributed by atoms with Crippen LogP contribution in [-0.2, 0) is 11.3 Å². The Labute approximate surface area is 179 Å². The van der Waals surface area contributed by atoms with Crippen LogP contribution in [0.4, 0.5) is 10.5 Å². The average Bonchev–Trinajstić information content (AvgIpc) is 3.07. The number of carbonyl (C=O) groups excluding carboxylic acids is 1. The average molecular weight is 486 g/mol. The Hall–Kier alpha value is -1.51. The van der Waals surface area contributed by atoms with E-state index in [4.69, 9.17) is 0 Å². The number of halogens is 1. The van der Waals surface area contributed by atoms with Gasteiger partial charge in [0.1, 0.15) is 0 Å². The third kappa shape index (κ3) is 5.73. The predicted octanol–water partition coefficient (Wildman–Crippen LogP) is 4.21. The molecule has 0 bridgehead atoms. The molecule has 2 aliphatic rings. The molecule has 1 aromatic rings. The number of anilines is 1. The zero-order valence-corrected chi connectivity index (χ0v) is 18.6. The first kappa shape index (κ1) is 21.8. The minimum atomic E-state index is -0.457. The van der Waals surface area contributed by atoms with E-state index in [1.54, 1.807) is 0 Å². The number of hydrogen-bond donors (Lipinski definition) is 2. The van der Waals surface area contributed by atoms with Gasteiger partial charge in [0, 0.05) is 32.4 Å². The molecule has 1 aliphatic carbocycles. The van der Waals surface area contributed by atoms with E-state index in [2.05, 4.69) is 25.3 Å². The number of ether oxygens (including phenoxy) is 1. The third-order valence-corrected chi connectivity index (χ3v) is 5.70. The van der Waals surface area contributed by atoms with E-state index in [0.717, 1.165) is 30.3 Å². The highest BCUT2D eigenvalue weighted by Crippen LogP contribution is 2.43. The van der Waals surface area contributed by atoms with Gasteiger partial charge in [-0.3, -0.25) is 10.3 Å². The van der Waals surface area contributed by atoms with E-state index in [0.29, 0.717) is 12.0 Å². The maximum atomic E-state index is 11.2. The van der Waals surface area contributed by atoms with E-state index in [1.165, 1.54) is 45.6 Å². The van der Waals surface area contributed by atoms with Crippen LogP contribution in [0.2, 0.25) is 0 Å². The summed E-state index contributed by atoms with van der Waals surface area (Å²) in [5.41, 5.74) is 2.40. The molecule has 0 radical (unpaired) electrons. The molecule has 3 rings (SSSR count). The van der Waals surface area contributed by atoms with Gasteiger partial charge in [0.2, 0.25) is 0 Å². The minimum absolute atomic E-state index is 0. The van der Waals surface area contributed by atoms with Crippen LogP contribution in [0.5, 0.6) is 0 Å². The van der Waals surface area contributed by atoms with Crippen LogP contribution in [0.25, 0.3) is 0 Å². The van der Waals surface area contributed by atoms with E-state index in [-0.39, 0.29) is 24.0 Å². The first-order chi connectivity index (χ1) is 12.6. The fourth-order valence-corrected chi connectivity index (χ4v) is 4.21. The van der Waals surface area contributed by atoms with Crippen LogP contribution in [0, 0.1) is 5.41 Å². The Morgan fingerprint density at radius 1 is 1.19 bits per heavy atom. The van der Waals surface area contributed by atoms with Gasteiger partial charge in [0.05, 0.1) is 7.11 Å². The largest absolute Gasteiger partial charge is 0.453 e. The summed E-state index contributed by atoms with van der Waals surface area (Å²) in [4.78, 5) is 18.1. The number of nitrogens with one attached hydrogen (secondary N) is 2. The second-order valence-electron chi connectivity index (χ2n) is 7.45. The maximum absolute atomic E-state index is 11.2. The molecule has 0 unspecified atom stereocenters. The molecule has 27 heavy (non-hydrogen) atoms. The number of amides is 1. The molecule has 2 fully saturated rings. The number of aliphatic imine (C=N–C) groups is 1. The highest BCUT2D eigenvalue weighted by atomic mass is 127. The Morgan fingerprint density at radius 2 is 1.89 bits per heavy atom. The molecule has 0 atom stereocenters. The molecule has 150 valence electrons. The third-order valence-electron chi connectivity index (χ3n) is 5.70. The lowest BCUT2D eigenvalue weighted by atomic mass is 9.73. The molecular weight excluding hydrogens is 455 g/mol. The van der Waals surface area contributed by atoms with Crippen molar-refractivity contribution in [3.63, 3.8) is 0 Å². The molecule has 1 amide bonds. The van der Waals surface area contributed by atoms with Gasteiger partial charge in [-0.1, -0.05) is 31.4 Å². The van der Waals surface area contributed by atoms with Gasteiger partial charge in [-0.15, -0.1) is 24.0 Å². The number of hydrogen-bond acceptors (Lipinski definition) is 3. The van der Waals surface area contributed by atoms with Crippen molar-refractivity contribution in [2.45, 2.75) is 45.1 Å². The Balaban J connectivity index is 0.00000261. The van der Waals surface area contributed by atoms with E-state index in [9.17, 15) is 4.79 Å². The predicted molar refractivity (Wildman–Crippen MR) is 120 cm³/mol. The van der Waals surface area contributed by atoms with Gasteiger partial charge in [-0.05, 0) is 42.4 Å². The molecule has 0 aromatic heterocycles. The number of guanidine groups is 1. The molecule has 1 heterocycles. The fourth-order valence-electron chi connectivity index (χ4n) is 4.21. The maximum Gasteiger partial charge on any atom is 0.411 e. The summed E-state index contributed by atoms with van der Waals surface area (Å²) < 4.78 is 4.60. The lowest BCUT2D eigenvalue weighted by molar-refractivity contribution is 0.187. The first-order valence-electron chi connectivity index (χ1n) is 9.54. The normalized spacial score (nSPS) is 18.7. The van der Waals surface area contributed by atoms with Crippen molar-refractivity contribution in [1.29, 1.82) is 0 Å². The highest BCUT2D eigenvalue weighted by Gasteiger charge is 2.39. The summed E-state index contributed by atoms with van der Waals surface area (Å²) in [5, 5.41) is 6.14. The van der Waals surface area contributed by atoms with Crippen LogP contribution in [0.1, 0.15) is 44.1 Å². The topological polar surface area (TPSA) is 66.0 Å². The van der Waals surface area contributed by atoms with Crippen LogP contribution < -0.4 is 10.6 Å². The number of carbonyl (C=O) groups is 1. The Morgan fingerprint density at radius 3 is 2.52 bits per heavy atom. The molecule has 6 nitrogen and oxygen atoms in total. The van der Waals surface area contributed by atoms with Gasteiger partial charge < -0.3 is 15.0 Å². The molecule has 1 spiro atoms. The van der Waals surface area contributed by atoms with E-state index >= 15 is 0 Å². The number of benzene rings is 1. The minimum Gasteiger partial charge on any atom is -0.453 e. The summed E-state index contributed by atoms with van der Waals surface area (Å²) in [6, 6.07) is 7.75. The van der Waals surface area contributed by atoms with Gasteiger partial charge in [-0.25, -0.2) is 4.79 Å². The summed E-state index contributed by atoms with van der Waals surface area (Å²) in [7, 11) is 3.21. The van der Waals surface area contributed by atoms with Crippen molar-refractivity contribution in [3.05, 3.63) is 29.8 Å². The van der Waals surface area contributed by atoms with Crippen molar-refractivity contribution in [2.24, 2.45) is 10.4 Å². The molecule has 1 aliphatic heterocycles. The van der Waals surface area contributed by atoms with E-state index in [1.807, 2.05) is 31.3 Å². The van der Waals surface area contributed by atoms with Gasteiger partial charge in [-0.2, -0.15) is 0 Å². The SMILES string of the molecule is CN=C(NCc1ccc(NC(=O)OC)cc1)N1CCC2(CCCCC2)C1.I.